The second-order valence-corrected chi connectivity index (χ2v) is 10.1. The number of anilines is 3. The summed E-state index contributed by atoms with van der Waals surface area (Å²) in [5, 5.41) is 2.65. The van der Waals surface area contributed by atoms with Gasteiger partial charge in [0.15, 0.2) is 0 Å². The van der Waals surface area contributed by atoms with Gasteiger partial charge in [0.2, 0.25) is 0 Å². The number of morpholine rings is 1. The lowest BCUT2D eigenvalue weighted by Gasteiger charge is -2.28. The number of nitrogens with two attached hydrogens (primary N) is 1. The molecule has 43 heavy (non-hydrogen) atoms. The monoisotopic (exact) mass is 580 g/mol. The normalized spacial score (nSPS) is 13.2. The highest BCUT2D eigenvalue weighted by molar-refractivity contribution is 6.05. The summed E-state index contributed by atoms with van der Waals surface area (Å²) in [6.07, 6.45) is 3.23. The number of para-hydroxylation sites is 1. The van der Waals surface area contributed by atoms with Crippen LogP contribution in [-0.4, -0.2) is 56.5 Å². The van der Waals surface area contributed by atoms with E-state index in [-0.39, 0.29) is 28.3 Å². The van der Waals surface area contributed by atoms with Crippen molar-refractivity contribution in [1.82, 2.24) is 24.3 Å². The maximum Gasteiger partial charge on any atom is 0.284 e. The molecule has 0 bridgehead atoms. The Kier molecular flexibility index (Phi) is 7.43. The number of carbonyl (C=O) groups is 1. The van der Waals surface area contributed by atoms with Crippen LogP contribution in [0, 0.1) is 12.7 Å². The summed E-state index contributed by atoms with van der Waals surface area (Å²) in [4.78, 5) is 41.9. The SMILES string of the molecule is Cc1c(C(=O)Nc2ccc(-c3nc(-c4ccnc(N5CCOCC5)c4)cnc3N)c(F)c2)c(=O)n(-c2ccccc2)n1C. The van der Waals surface area contributed by atoms with Crippen LogP contribution in [0.5, 0.6) is 0 Å². The number of benzene rings is 2. The van der Waals surface area contributed by atoms with Crippen molar-refractivity contribution in [2.45, 2.75) is 6.92 Å². The fraction of sp³-hybridized carbons (Fsp3) is 0.194. The average molecular weight is 581 g/mol. The van der Waals surface area contributed by atoms with E-state index in [9.17, 15) is 9.59 Å². The molecule has 1 aliphatic heterocycles. The molecule has 0 saturated carbocycles. The number of nitrogens with zero attached hydrogens (tertiary/aromatic N) is 6. The standard InChI is InChI=1S/C31H29FN8O3/c1-19-27(31(42)40(38(19)2)22-6-4-3-5-7-22)30(41)36-21-8-9-23(24(32)17-21)28-29(33)35-18-25(37-28)20-10-11-34-26(16-20)39-12-14-43-15-13-39/h3-11,16-18H,12-15H2,1-2H3,(H2,33,35)(H,36,41). The van der Waals surface area contributed by atoms with Crippen molar-refractivity contribution in [2.75, 3.05) is 42.3 Å². The summed E-state index contributed by atoms with van der Waals surface area (Å²) < 4.78 is 23.9. The van der Waals surface area contributed by atoms with E-state index in [1.807, 2.05) is 12.1 Å². The van der Waals surface area contributed by atoms with Crippen molar-refractivity contribution >= 4 is 23.2 Å². The Balaban J connectivity index is 1.27. The molecular formula is C31H29FN8O3. The van der Waals surface area contributed by atoms with Crippen LogP contribution < -0.4 is 21.5 Å². The van der Waals surface area contributed by atoms with Crippen LogP contribution in [-0.2, 0) is 11.8 Å². The van der Waals surface area contributed by atoms with Gasteiger partial charge in [0.25, 0.3) is 11.5 Å². The molecule has 0 spiro atoms. The summed E-state index contributed by atoms with van der Waals surface area (Å²) in [5.74, 6) is -0.458. The number of halogens is 1. The third-order valence-electron chi connectivity index (χ3n) is 7.44. The van der Waals surface area contributed by atoms with E-state index in [4.69, 9.17) is 10.5 Å². The Morgan fingerprint density at radius 2 is 1.81 bits per heavy atom. The Morgan fingerprint density at radius 1 is 1.05 bits per heavy atom. The molecule has 11 nitrogen and oxygen atoms in total. The van der Waals surface area contributed by atoms with E-state index in [0.717, 1.165) is 30.5 Å². The van der Waals surface area contributed by atoms with E-state index in [2.05, 4.69) is 25.2 Å². The Bertz CT molecular complexity index is 1880. The summed E-state index contributed by atoms with van der Waals surface area (Å²) >= 11 is 0. The van der Waals surface area contributed by atoms with Gasteiger partial charge in [0.1, 0.15) is 28.7 Å². The van der Waals surface area contributed by atoms with Crippen molar-refractivity contribution in [3.63, 3.8) is 0 Å². The number of nitrogens with one attached hydrogen (secondary N) is 1. The molecule has 218 valence electrons. The molecule has 3 N–H and O–H groups in total. The number of amides is 1. The van der Waals surface area contributed by atoms with Gasteiger partial charge in [-0.25, -0.2) is 24.0 Å². The molecule has 0 radical (unpaired) electrons. The second kappa shape index (κ2) is 11.5. The minimum Gasteiger partial charge on any atom is -0.382 e. The number of pyridine rings is 1. The van der Waals surface area contributed by atoms with E-state index < -0.39 is 17.3 Å². The number of carbonyl (C=O) groups excluding carboxylic acids is 1. The van der Waals surface area contributed by atoms with Crippen molar-refractivity contribution < 1.29 is 13.9 Å². The molecule has 2 aromatic carbocycles. The lowest BCUT2D eigenvalue weighted by atomic mass is 10.1. The minimum atomic E-state index is -0.661. The molecule has 0 unspecified atom stereocenters. The third-order valence-corrected chi connectivity index (χ3v) is 7.44. The first kappa shape index (κ1) is 27.8. The van der Waals surface area contributed by atoms with Crippen LogP contribution in [0.3, 0.4) is 0 Å². The molecule has 1 saturated heterocycles. The maximum atomic E-state index is 15.5. The molecule has 1 aliphatic rings. The van der Waals surface area contributed by atoms with E-state index in [1.54, 1.807) is 55.2 Å². The number of nitrogen functional groups attached to an aromatic ring is 1. The first-order valence-electron chi connectivity index (χ1n) is 13.7. The van der Waals surface area contributed by atoms with Crippen LogP contribution in [0.1, 0.15) is 16.1 Å². The molecule has 1 fully saturated rings. The van der Waals surface area contributed by atoms with Crippen LogP contribution in [0.4, 0.5) is 21.7 Å². The van der Waals surface area contributed by atoms with Gasteiger partial charge in [-0.15, -0.1) is 0 Å². The van der Waals surface area contributed by atoms with E-state index in [0.29, 0.717) is 30.3 Å². The largest absolute Gasteiger partial charge is 0.382 e. The summed E-state index contributed by atoms with van der Waals surface area (Å²) in [6, 6.07) is 16.9. The van der Waals surface area contributed by atoms with Crippen molar-refractivity contribution in [2.24, 2.45) is 7.05 Å². The number of rotatable bonds is 6. The fourth-order valence-corrected chi connectivity index (χ4v) is 5.09. The quantitative estimate of drug-likeness (QED) is 0.310. The van der Waals surface area contributed by atoms with Crippen molar-refractivity contribution in [1.29, 1.82) is 0 Å². The first-order valence-corrected chi connectivity index (χ1v) is 13.7. The van der Waals surface area contributed by atoms with Gasteiger partial charge < -0.3 is 20.7 Å². The fourth-order valence-electron chi connectivity index (χ4n) is 5.09. The van der Waals surface area contributed by atoms with Gasteiger partial charge in [0.05, 0.1) is 36.5 Å². The molecule has 3 aromatic heterocycles. The highest BCUT2D eigenvalue weighted by atomic mass is 19.1. The molecule has 6 rings (SSSR count). The third kappa shape index (κ3) is 5.35. The van der Waals surface area contributed by atoms with Crippen LogP contribution in [0.2, 0.25) is 0 Å². The number of ether oxygens (including phenoxy) is 1. The summed E-state index contributed by atoms with van der Waals surface area (Å²) in [7, 11) is 1.70. The van der Waals surface area contributed by atoms with Gasteiger partial charge in [-0.1, -0.05) is 18.2 Å². The number of hydrogen-bond acceptors (Lipinski definition) is 8. The lowest BCUT2D eigenvalue weighted by Crippen LogP contribution is -2.36. The zero-order chi connectivity index (χ0) is 30.1. The molecule has 5 aromatic rings. The molecule has 1 amide bonds. The van der Waals surface area contributed by atoms with Gasteiger partial charge in [-0.05, 0) is 49.4 Å². The number of hydrogen-bond donors (Lipinski definition) is 2. The molecule has 0 aliphatic carbocycles. The Labute approximate surface area is 246 Å². The molecular weight excluding hydrogens is 551 g/mol. The topological polar surface area (TPSA) is 133 Å². The lowest BCUT2D eigenvalue weighted by molar-refractivity contribution is 0.102. The molecule has 0 atom stereocenters. The van der Waals surface area contributed by atoms with Crippen LogP contribution in [0.25, 0.3) is 28.2 Å². The highest BCUT2D eigenvalue weighted by Gasteiger charge is 2.23. The van der Waals surface area contributed by atoms with Crippen molar-refractivity contribution in [3.05, 3.63) is 100 Å². The predicted molar refractivity (Wildman–Crippen MR) is 162 cm³/mol. The average Bonchev–Trinajstić information content (AvgIpc) is 3.25. The maximum absolute atomic E-state index is 15.5. The molecule has 4 heterocycles. The first-order chi connectivity index (χ1) is 20.8. The van der Waals surface area contributed by atoms with Crippen LogP contribution in [0.15, 0.2) is 77.9 Å². The zero-order valence-corrected chi connectivity index (χ0v) is 23.6. The van der Waals surface area contributed by atoms with E-state index in [1.165, 1.54) is 23.0 Å². The van der Waals surface area contributed by atoms with E-state index >= 15 is 4.39 Å². The zero-order valence-electron chi connectivity index (χ0n) is 23.6. The van der Waals surface area contributed by atoms with Gasteiger partial charge in [-0.3, -0.25) is 14.3 Å². The Morgan fingerprint density at radius 3 is 2.56 bits per heavy atom. The van der Waals surface area contributed by atoms with Gasteiger partial charge >= 0.3 is 0 Å². The minimum absolute atomic E-state index is 0.0348. The second-order valence-electron chi connectivity index (χ2n) is 10.1. The van der Waals surface area contributed by atoms with Crippen molar-refractivity contribution in [3.8, 4) is 28.2 Å². The smallest absolute Gasteiger partial charge is 0.284 e. The van der Waals surface area contributed by atoms with Gasteiger partial charge in [-0.2, -0.15) is 0 Å². The summed E-state index contributed by atoms with van der Waals surface area (Å²) in [5.41, 5.74) is 8.43. The highest BCUT2D eigenvalue weighted by Crippen LogP contribution is 2.30. The Hall–Kier alpha value is -5.36. The van der Waals surface area contributed by atoms with Crippen LogP contribution >= 0.6 is 0 Å². The summed E-state index contributed by atoms with van der Waals surface area (Å²) in [6.45, 7) is 4.40. The van der Waals surface area contributed by atoms with Gasteiger partial charge in [0, 0.05) is 43.1 Å². The molecule has 12 heteroatoms. The number of aromatic nitrogens is 5. The predicted octanol–water partition coefficient (Wildman–Crippen LogP) is 3.81.